The lowest BCUT2D eigenvalue weighted by atomic mass is 9.71. The number of hydrogen-bond acceptors (Lipinski definition) is 2. The Bertz CT molecular complexity index is 256. The van der Waals surface area contributed by atoms with E-state index in [1.165, 1.54) is 64.8 Å². The number of nitrogens with zero attached hydrogens (tertiary/aromatic N) is 2. The monoisotopic (exact) mass is 266 g/mol. The summed E-state index contributed by atoms with van der Waals surface area (Å²) in [7, 11) is 0. The van der Waals surface area contributed by atoms with Crippen molar-refractivity contribution < 1.29 is 0 Å². The minimum absolute atomic E-state index is 0.706. The largest absolute Gasteiger partial charge is 0.303 e. The molecule has 0 amide bonds. The first-order valence-electron chi connectivity index (χ1n) is 8.51. The van der Waals surface area contributed by atoms with Crippen LogP contribution in [0.5, 0.6) is 0 Å². The van der Waals surface area contributed by atoms with Crippen LogP contribution in [0.1, 0.15) is 59.8 Å². The SMILES string of the molecule is CCC(C)N1CCC2(CCN(CC(C)C)CC2)CC1. The minimum Gasteiger partial charge on any atom is -0.303 e. The Kier molecular flexibility index (Phi) is 5.30. The molecule has 2 saturated heterocycles. The van der Waals surface area contributed by atoms with E-state index in [-0.39, 0.29) is 0 Å². The van der Waals surface area contributed by atoms with E-state index in [0.29, 0.717) is 5.41 Å². The minimum atomic E-state index is 0.706. The molecule has 0 radical (unpaired) electrons. The Morgan fingerprint density at radius 1 is 0.895 bits per heavy atom. The smallest absolute Gasteiger partial charge is 0.00643 e. The maximum Gasteiger partial charge on any atom is 0.00643 e. The molecule has 0 aromatic heterocycles. The molecule has 0 bridgehead atoms. The third-order valence-electron chi connectivity index (χ3n) is 5.61. The van der Waals surface area contributed by atoms with Crippen LogP contribution in [0.2, 0.25) is 0 Å². The van der Waals surface area contributed by atoms with Gasteiger partial charge in [-0.05, 0) is 76.5 Å². The summed E-state index contributed by atoms with van der Waals surface area (Å²) in [5.41, 5.74) is 0.706. The summed E-state index contributed by atoms with van der Waals surface area (Å²) in [6, 6.07) is 0.790. The second kappa shape index (κ2) is 6.58. The highest BCUT2D eigenvalue weighted by Gasteiger charge is 2.37. The van der Waals surface area contributed by atoms with E-state index in [2.05, 4.69) is 37.5 Å². The van der Waals surface area contributed by atoms with E-state index in [9.17, 15) is 0 Å². The maximum atomic E-state index is 2.71. The molecule has 2 rings (SSSR count). The Morgan fingerprint density at radius 2 is 1.42 bits per heavy atom. The van der Waals surface area contributed by atoms with Crippen LogP contribution < -0.4 is 0 Å². The van der Waals surface area contributed by atoms with Crippen LogP contribution in [-0.2, 0) is 0 Å². The molecule has 2 aliphatic rings. The van der Waals surface area contributed by atoms with E-state index >= 15 is 0 Å². The van der Waals surface area contributed by atoms with Crippen LogP contribution >= 0.6 is 0 Å². The van der Waals surface area contributed by atoms with Gasteiger partial charge < -0.3 is 9.80 Å². The topological polar surface area (TPSA) is 6.48 Å². The van der Waals surface area contributed by atoms with Crippen molar-refractivity contribution in [3.8, 4) is 0 Å². The van der Waals surface area contributed by atoms with Crippen LogP contribution in [0.15, 0.2) is 0 Å². The van der Waals surface area contributed by atoms with Gasteiger partial charge in [0, 0.05) is 12.6 Å². The van der Waals surface area contributed by atoms with Crippen molar-refractivity contribution in [3.63, 3.8) is 0 Å². The van der Waals surface area contributed by atoms with Gasteiger partial charge in [-0.1, -0.05) is 20.8 Å². The van der Waals surface area contributed by atoms with Crippen molar-refractivity contribution >= 4 is 0 Å². The van der Waals surface area contributed by atoms with Gasteiger partial charge in [0.15, 0.2) is 0 Å². The third-order valence-corrected chi connectivity index (χ3v) is 5.61. The van der Waals surface area contributed by atoms with Gasteiger partial charge in [-0.3, -0.25) is 0 Å². The van der Waals surface area contributed by atoms with Gasteiger partial charge in [0.05, 0.1) is 0 Å². The van der Waals surface area contributed by atoms with Crippen molar-refractivity contribution in [2.24, 2.45) is 11.3 Å². The molecule has 0 aromatic rings. The lowest BCUT2D eigenvalue weighted by Gasteiger charge is -2.48. The van der Waals surface area contributed by atoms with Gasteiger partial charge in [-0.2, -0.15) is 0 Å². The Labute approximate surface area is 120 Å². The van der Waals surface area contributed by atoms with Crippen molar-refractivity contribution in [1.29, 1.82) is 0 Å². The fourth-order valence-electron chi connectivity index (χ4n) is 3.92. The standard InChI is InChI=1S/C17H34N2/c1-5-16(4)19-12-8-17(9-13-19)6-10-18(11-7-17)14-15(2)3/h15-16H,5-14H2,1-4H3. The molecule has 1 atom stereocenters. The molecular formula is C17H34N2. The summed E-state index contributed by atoms with van der Waals surface area (Å²) in [4.78, 5) is 5.41. The van der Waals surface area contributed by atoms with Crippen LogP contribution in [0.4, 0.5) is 0 Å². The number of likely N-dealkylation sites (tertiary alicyclic amines) is 2. The average Bonchev–Trinajstić information content (AvgIpc) is 2.41. The lowest BCUT2D eigenvalue weighted by Crippen LogP contribution is -2.49. The van der Waals surface area contributed by atoms with Crippen LogP contribution in [0, 0.1) is 11.3 Å². The summed E-state index contributed by atoms with van der Waals surface area (Å²) in [6.07, 6.45) is 7.11. The molecule has 0 N–H and O–H groups in total. The molecule has 19 heavy (non-hydrogen) atoms. The maximum absolute atomic E-state index is 2.71. The number of piperidine rings is 2. The van der Waals surface area contributed by atoms with E-state index in [0.717, 1.165) is 12.0 Å². The average molecular weight is 266 g/mol. The molecule has 1 unspecified atom stereocenters. The summed E-state index contributed by atoms with van der Waals surface area (Å²) in [5, 5.41) is 0. The zero-order chi connectivity index (χ0) is 13.9. The molecule has 112 valence electrons. The van der Waals surface area contributed by atoms with Gasteiger partial charge >= 0.3 is 0 Å². The normalized spacial score (nSPS) is 27.0. The van der Waals surface area contributed by atoms with E-state index in [1.807, 2.05) is 0 Å². The molecule has 1 spiro atoms. The quantitative estimate of drug-likeness (QED) is 0.767. The highest BCUT2D eigenvalue weighted by Crippen LogP contribution is 2.41. The Hall–Kier alpha value is -0.0800. The van der Waals surface area contributed by atoms with Gasteiger partial charge in [-0.25, -0.2) is 0 Å². The molecular weight excluding hydrogens is 232 g/mol. The highest BCUT2D eigenvalue weighted by atomic mass is 15.2. The molecule has 2 nitrogen and oxygen atoms in total. The summed E-state index contributed by atoms with van der Waals surface area (Å²) in [6.45, 7) is 16.1. The predicted molar refractivity (Wildman–Crippen MR) is 83.5 cm³/mol. The Balaban J connectivity index is 1.78. The van der Waals surface area contributed by atoms with E-state index in [4.69, 9.17) is 0 Å². The summed E-state index contributed by atoms with van der Waals surface area (Å²) < 4.78 is 0. The third kappa shape index (κ3) is 3.95. The predicted octanol–water partition coefficient (Wildman–Crippen LogP) is 3.62. The first-order chi connectivity index (χ1) is 9.04. The van der Waals surface area contributed by atoms with Gasteiger partial charge in [0.25, 0.3) is 0 Å². The molecule has 0 aliphatic carbocycles. The van der Waals surface area contributed by atoms with E-state index < -0.39 is 0 Å². The van der Waals surface area contributed by atoms with Gasteiger partial charge in [0.1, 0.15) is 0 Å². The van der Waals surface area contributed by atoms with Crippen LogP contribution in [0.3, 0.4) is 0 Å². The van der Waals surface area contributed by atoms with Crippen molar-refractivity contribution in [3.05, 3.63) is 0 Å². The van der Waals surface area contributed by atoms with Crippen LogP contribution in [0.25, 0.3) is 0 Å². The molecule has 2 aliphatic heterocycles. The number of hydrogen-bond donors (Lipinski definition) is 0. The van der Waals surface area contributed by atoms with Crippen molar-refractivity contribution in [2.45, 2.75) is 65.8 Å². The molecule has 0 saturated carbocycles. The van der Waals surface area contributed by atoms with Crippen molar-refractivity contribution in [1.82, 2.24) is 9.80 Å². The summed E-state index contributed by atoms with van der Waals surface area (Å²) in [5.74, 6) is 0.821. The Morgan fingerprint density at radius 3 is 1.89 bits per heavy atom. The second-order valence-corrected chi connectivity index (χ2v) is 7.49. The first-order valence-corrected chi connectivity index (χ1v) is 8.51. The second-order valence-electron chi connectivity index (χ2n) is 7.49. The van der Waals surface area contributed by atoms with Crippen LogP contribution in [-0.4, -0.2) is 48.6 Å². The zero-order valence-electron chi connectivity index (χ0n) is 13.6. The zero-order valence-corrected chi connectivity index (χ0v) is 13.6. The fourth-order valence-corrected chi connectivity index (χ4v) is 3.92. The van der Waals surface area contributed by atoms with Gasteiger partial charge in [-0.15, -0.1) is 0 Å². The molecule has 2 heteroatoms. The van der Waals surface area contributed by atoms with Gasteiger partial charge in [0.2, 0.25) is 0 Å². The molecule has 2 heterocycles. The fraction of sp³-hybridized carbons (Fsp3) is 1.00. The van der Waals surface area contributed by atoms with Crippen molar-refractivity contribution in [2.75, 3.05) is 32.7 Å². The summed E-state index contributed by atoms with van der Waals surface area (Å²) >= 11 is 0. The molecule has 0 aromatic carbocycles. The first kappa shape index (κ1) is 15.3. The lowest BCUT2D eigenvalue weighted by molar-refractivity contribution is 0.0194. The highest BCUT2D eigenvalue weighted by molar-refractivity contribution is 4.91. The molecule has 2 fully saturated rings. The van der Waals surface area contributed by atoms with E-state index in [1.54, 1.807) is 0 Å². The number of rotatable bonds is 4.